The number of carbonyl (C=O) groups excluding carboxylic acids is 2. The molecule has 6 nitrogen and oxygen atoms in total. The van der Waals surface area contributed by atoms with Crippen LogP contribution in [0, 0.1) is 0 Å². The van der Waals surface area contributed by atoms with Crippen molar-refractivity contribution in [3.8, 4) is 28.1 Å². The molecule has 0 atom stereocenters. The summed E-state index contributed by atoms with van der Waals surface area (Å²) in [5.41, 5.74) is 4.18. The van der Waals surface area contributed by atoms with Gasteiger partial charge in [0, 0.05) is 34.6 Å². The fourth-order valence-corrected chi connectivity index (χ4v) is 3.93. The molecule has 2 aromatic heterocycles. The van der Waals surface area contributed by atoms with Crippen LogP contribution in [0.5, 0.6) is 5.75 Å². The van der Waals surface area contributed by atoms with E-state index in [9.17, 15) is 9.59 Å². The number of pyridine rings is 2. The summed E-state index contributed by atoms with van der Waals surface area (Å²) in [5, 5.41) is 4.02. The van der Waals surface area contributed by atoms with Gasteiger partial charge >= 0.3 is 0 Å². The van der Waals surface area contributed by atoms with Crippen LogP contribution >= 0.6 is 23.2 Å². The lowest BCUT2D eigenvalue weighted by molar-refractivity contribution is 0.111. The van der Waals surface area contributed by atoms with Crippen molar-refractivity contribution in [2.45, 2.75) is 0 Å². The first-order valence-electron chi connectivity index (χ1n) is 9.81. The maximum absolute atomic E-state index is 11.2. The highest BCUT2D eigenvalue weighted by Crippen LogP contribution is 2.41. The van der Waals surface area contributed by atoms with Crippen molar-refractivity contribution in [3.63, 3.8) is 0 Å². The molecule has 0 saturated heterocycles. The zero-order valence-corrected chi connectivity index (χ0v) is 18.9. The number of hydrogen-bond acceptors (Lipinski definition) is 6. The summed E-state index contributed by atoms with van der Waals surface area (Å²) in [6.45, 7) is 0. The molecule has 0 saturated carbocycles. The normalized spacial score (nSPS) is 10.5. The number of aldehydes is 2. The summed E-state index contributed by atoms with van der Waals surface area (Å²) in [6, 6.07) is 15.8. The lowest BCUT2D eigenvalue weighted by Gasteiger charge is -2.14. The highest BCUT2D eigenvalue weighted by atomic mass is 35.5. The molecule has 2 aromatic carbocycles. The number of benzene rings is 2. The Bertz CT molecular complexity index is 1340. The maximum Gasteiger partial charge on any atom is 0.153 e. The van der Waals surface area contributed by atoms with Gasteiger partial charge in [0.2, 0.25) is 0 Å². The van der Waals surface area contributed by atoms with E-state index in [0.29, 0.717) is 60.8 Å². The third-order valence-electron chi connectivity index (χ3n) is 5.00. The van der Waals surface area contributed by atoms with Crippen LogP contribution in [0.15, 0.2) is 67.0 Å². The Morgan fingerprint density at radius 1 is 0.909 bits per heavy atom. The largest absolute Gasteiger partial charge is 0.496 e. The number of methoxy groups -OCH3 is 1. The second-order valence-electron chi connectivity index (χ2n) is 6.98. The predicted molar refractivity (Wildman–Crippen MR) is 130 cm³/mol. The van der Waals surface area contributed by atoms with Crippen LogP contribution in [-0.2, 0) is 0 Å². The molecule has 0 aliphatic rings. The molecular formula is C25H17Cl2N3O3. The van der Waals surface area contributed by atoms with E-state index in [0.717, 1.165) is 12.6 Å². The van der Waals surface area contributed by atoms with Gasteiger partial charge in [-0.25, -0.2) is 4.98 Å². The van der Waals surface area contributed by atoms with Crippen LogP contribution in [-0.4, -0.2) is 29.7 Å². The molecule has 164 valence electrons. The Morgan fingerprint density at radius 2 is 1.73 bits per heavy atom. The van der Waals surface area contributed by atoms with Gasteiger partial charge < -0.3 is 10.1 Å². The molecule has 33 heavy (non-hydrogen) atoms. The van der Waals surface area contributed by atoms with Crippen molar-refractivity contribution in [2.75, 3.05) is 12.4 Å². The first-order valence-corrected chi connectivity index (χ1v) is 10.6. The number of anilines is 2. The van der Waals surface area contributed by atoms with Crippen LogP contribution < -0.4 is 10.1 Å². The number of ether oxygens (including phenoxy) is 1. The van der Waals surface area contributed by atoms with Gasteiger partial charge in [-0.2, -0.15) is 0 Å². The van der Waals surface area contributed by atoms with E-state index >= 15 is 0 Å². The van der Waals surface area contributed by atoms with Gasteiger partial charge in [0.05, 0.1) is 34.1 Å². The number of nitrogens with zero attached hydrogens (tertiary/aromatic N) is 2. The molecule has 0 spiro atoms. The number of halogens is 2. The number of hydrogen-bond donors (Lipinski definition) is 1. The van der Waals surface area contributed by atoms with Gasteiger partial charge in [0.1, 0.15) is 11.6 Å². The Labute approximate surface area is 200 Å². The van der Waals surface area contributed by atoms with Crippen LogP contribution in [0.3, 0.4) is 0 Å². The van der Waals surface area contributed by atoms with Crippen molar-refractivity contribution in [1.82, 2.24) is 9.97 Å². The number of nitrogens with one attached hydrogen (secondary N) is 1. The smallest absolute Gasteiger partial charge is 0.153 e. The van der Waals surface area contributed by atoms with Gasteiger partial charge in [-0.15, -0.1) is 0 Å². The second-order valence-corrected chi connectivity index (χ2v) is 7.74. The minimum atomic E-state index is 0.408. The van der Waals surface area contributed by atoms with Gasteiger partial charge in [-0.3, -0.25) is 14.6 Å². The SMILES string of the molecule is COc1cc(-c2nccc(-c3cccc(Nc4ccc(C=O)cn4)c3Cl)c2Cl)ccc1C=O. The molecule has 0 aliphatic carbocycles. The molecule has 1 N–H and O–H groups in total. The maximum atomic E-state index is 11.2. The molecule has 0 unspecified atom stereocenters. The molecule has 0 aliphatic heterocycles. The summed E-state index contributed by atoms with van der Waals surface area (Å²) in [7, 11) is 1.50. The number of rotatable bonds is 7. The molecular weight excluding hydrogens is 461 g/mol. The average Bonchev–Trinajstić information content (AvgIpc) is 2.85. The summed E-state index contributed by atoms with van der Waals surface area (Å²) >= 11 is 13.5. The monoisotopic (exact) mass is 477 g/mol. The number of carbonyl (C=O) groups is 2. The van der Waals surface area contributed by atoms with Crippen LogP contribution in [0.1, 0.15) is 20.7 Å². The first-order chi connectivity index (χ1) is 16.0. The zero-order valence-electron chi connectivity index (χ0n) is 17.4. The average molecular weight is 478 g/mol. The third kappa shape index (κ3) is 4.58. The van der Waals surface area contributed by atoms with Crippen LogP contribution in [0.2, 0.25) is 10.0 Å². The molecule has 4 aromatic rings. The van der Waals surface area contributed by atoms with Crippen molar-refractivity contribution in [2.24, 2.45) is 0 Å². The topological polar surface area (TPSA) is 81.2 Å². The van der Waals surface area contributed by atoms with E-state index in [4.69, 9.17) is 27.9 Å². The number of aromatic nitrogens is 2. The first kappa shape index (κ1) is 22.5. The Balaban J connectivity index is 1.74. The third-order valence-corrected chi connectivity index (χ3v) is 5.79. The van der Waals surface area contributed by atoms with Gasteiger partial charge in [0.15, 0.2) is 12.6 Å². The van der Waals surface area contributed by atoms with Gasteiger partial charge in [0.25, 0.3) is 0 Å². The lowest BCUT2D eigenvalue weighted by atomic mass is 10.0. The van der Waals surface area contributed by atoms with Crippen LogP contribution in [0.25, 0.3) is 22.4 Å². The quantitative estimate of drug-likeness (QED) is 0.306. The van der Waals surface area contributed by atoms with E-state index in [2.05, 4.69) is 15.3 Å². The Hall–Kier alpha value is -3.74. The fraction of sp³-hybridized carbons (Fsp3) is 0.0400. The van der Waals surface area contributed by atoms with Gasteiger partial charge in [-0.1, -0.05) is 41.4 Å². The van der Waals surface area contributed by atoms with Crippen LogP contribution in [0.4, 0.5) is 11.5 Å². The van der Waals surface area contributed by atoms with Gasteiger partial charge in [-0.05, 0) is 36.4 Å². The summed E-state index contributed by atoms with van der Waals surface area (Å²) in [5.74, 6) is 0.978. The molecule has 0 bridgehead atoms. The summed E-state index contributed by atoms with van der Waals surface area (Å²) in [6.07, 6.45) is 4.58. The standard InChI is InChI=1S/C25H17Cl2N3O3/c1-33-21-11-16(6-7-17(21)14-32)25-24(27)19(9-10-28-25)18-3-2-4-20(23(18)26)30-22-8-5-15(13-31)12-29-22/h2-14H,1H3,(H,29,30). The Morgan fingerprint density at radius 3 is 2.42 bits per heavy atom. The molecule has 2 heterocycles. The lowest BCUT2D eigenvalue weighted by Crippen LogP contribution is -1.97. The van der Waals surface area contributed by atoms with E-state index < -0.39 is 0 Å². The van der Waals surface area contributed by atoms with Crippen molar-refractivity contribution in [3.05, 3.63) is 88.2 Å². The highest BCUT2D eigenvalue weighted by Gasteiger charge is 2.17. The van der Waals surface area contributed by atoms with E-state index in [1.807, 2.05) is 18.2 Å². The van der Waals surface area contributed by atoms with E-state index in [1.165, 1.54) is 13.3 Å². The predicted octanol–water partition coefficient (Wildman–Crippen LogP) is 6.49. The minimum Gasteiger partial charge on any atom is -0.496 e. The van der Waals surface area contributed by atoms with E-state index in [-0.39, 0.29) is 0 Å². The van der Waals surface area contributed by atoms with Crippen molar-refractivity contribution >= 4 is 47.3 Å². The van der Waals surface area contributed by atoms with Crippen molar-refractivity contribution < 1.29 is 14.3 Å². The molecule has 8 heteroatoms. The van der Waals surface area contributed by atoms with Crippen molar-refractivity contribution in [1.29, 1.82) is 0 Å². The zero-order chi connectivity index (χ0) is 23.4. The second kappa shape index (κ2) is 9.81. The molecule has 0 radical (unpaired) electrons. The molecule has 0 amide bonds. The summed E-state index contributed by atoms with van der Waals surface area (Å²) < 4.78 is 5.30. The van der Waals surface area contributed by atoms with E-state index in [1.54, 1.807) is 42.6 Å². The minimum absolute atomic E-state index is 0.408. The Kier molecular flexibility index (Phi) is 6.68. The molecule has 4 rings (SSSR count). The fourth-order valence-electron chi connectivity index (χ4n) is 3.33. The highest BCUT2D eigenvalue weighted by molar-refractivity contribution is 6.39. The summed E-state index contributed by atoms with van der Waals surface area (Å²) in [4.78, 5) is 30.7. The molecule has 0 fully saturated rings.